The summed E-state index contributed by atoms with van der Waals surface area (Å²) in [5, 5.41) is 12.2. The van der Waals surface area contributed by atoms with Gasteiger partial charge in [-0.05, 0) is 30.0 Å². The Morgan fingerprint density at radius 2 is 2.22 bits per heavy atom. The molecule has 1 N–H and O–H groups in total. The van der Waals surface area contributed by atoms with E-state index in [1.54, 1.807) is 31.6 Å². The number of nitrogens with one attached hydrogen (secondary N) is 1. The van der Waals surface area contributed by atoms with Gasteiger partial charge in [-0.1, -0.05) is 24.3 Å². The molecule has 3 atom stereocenters. The monoisotopic (exact) mass is 307 g/mol. The fourth-order valence-corrected chi connectivity index (χ4v) is 2.78. The van der Waals surface area contributed by atoms with Crippen molar-refractivity contribution in [2.24, 2.45) is 5.92 Å². The first-order valence-electron chi connectivity index (χ1n) is 7.47. The molecule has 0 unspecified atom stereocenters. The molecule has 2 aromatic rings. The highest BCUT2D eigenvalue weighted by Gasteiger charge is 2.44. The average Bonchev–Trinajstić information content (AvgIpc) is 3.41. The molecule has 0 saturated heterocycles. The van der Waals surface area contributed by atoms with Crippen molar-refractivity contribution in [1.82, 2.24) is 10.3 Å². The lowest BCUT2D eigenvalue weighted by Gasteiger charge is -2.15. The Bertz CT molecular complexity index is 739. The molecular weight excluding hydrogens is 290 g/mol. The average molecular weight is 307 g/mol. The molecule has 5 heteroatoms. The quantitative estimate of drug-likeness (QED) is 0.921. The van der Waals surface area contributed by atoms with Crippen molar-refractivity contribution >= 4 is 5.91 Å². The Morgan fingerprint density at radius 3 is 2.91 bits per heavy atom. The van der Waals surface area contributed by atoms with Crippen LogP contribution in [0.1, 0.15) is 29.5 Å². The standard InChI is InChI=1S/C18H17N3O2/c1-23-17-7-3-2-6-13(17)16(10-19)21-18(22)15-9-14(15)12-5-4-8-20-11-12/h2-8,11,14-16H,9H2,1H3,(H,21,22)/t14-,15+,16+/m1/s1. The van der Waals surface area contributed by atoms with E-state index in [-0.39, 0.29) is 17.7 Å². The molecule has 116 valence electrons. The van der Waals surface area contributed by atoms with E-state index in [1.165, 1.54) is 0 Å². The second kappa shape index (κ2) is 6.49. The van der Waals surface area contributed by atoms with Crippen LogP contribution in [0, 0.1) is 17.2 Å². The number of hydrogen-bond acceptors (Lipinski definition) is 4. The van der Waals surface area contributed by atoms with Crippen LogP contribution in [0.3, 0.4) is 0 Å². The van der Waals surface area contributed by atoms with E-state index in [4.69, 9.17) is 4.74 Å². The lowest BCUT2D eigenvalue weighted by atomic mass is 10.1. The van der Waals surface area contributed by atoms with Crippen molar-refractivity contribution in [1.29, 1.82) is 5.26 Å². The van der Waals surface area contributed by atoms with E-state index in [2.05, 4.69) is 16.4 Å². The van der Waals surface area contributed by atoms with Crippen LogP contribution in [0.4, 0.5) is 0 Å². The highest BCUT2D eigenvalue weighted by molar-refractivity contribution is 5.83. The lowest BCUT2D eigenvalue weighted by molar-refractivity contribution is -0.122. The number of methoxy groups -OCH3 is 1. The molecule has 23 heavy (non-hydrogen) atoms. The van der Waals surface area contributed by atoms with Crippen molar-refractivity contribution in [3.63, 3.8) is 0 Å². The van der Waals surface area contributed by atoms with Gasteiger partial charge in [-0.25, -0.2) is 0 Å². The number of ether oxygens (including phenoxy) is 1. The van der Waals surface area contributed by atoms with E-state index in [0.717, 1.165) is 12.0 Å². The molecule has 0 radical (unpaired) electrons. The molecule has 0 bridgehead atoms. The summed E-state index contributed by atoms with van der Waals surface area (Å²) >= 11 is 0. The number of benzene rings is 1. The largest absolute Gasteiger partial charge is 0.496 e. The zero-order valence-corrected chi connectivity index (χ0v) is 12.8. The molecule has 0 aliphatic heterocycles. The molecule has 1 aliphatic rings. The third-order valence-electron chi connectivity index (χ3n) is 4.11. The first-order chi connectivity index (χ1) is 11.2. The highest BCUT2D eigenvalue weighted by Crippen LogP contribution is 2.47. The van der Waals surface area contributed by atoms with Gasteiger partial charge in [0.05, 0.1) is 13.2 Å². The van der Waals surface area contributed by atoms with Crippen molar-refractivity contribution in [3.8, 4) is 11.8 Å². The Hall–Kier alpha value is -2.87. The first kappa shape index (κ1) is 15.0. The summed E-state index contributed by atoms with van der Waals surface area (Å²) in [6, 6.07) is 12.5. The zero-order chi connectivity index (χ0) is 16.2. The Balaban J connectivity index is 1.69. The van der Waals surface area contributed by atoms with E-state index < -0.39 is 6.04 Å². The molecule has 1 aliphatic carbocycles. The van der Waals surface area contributed by atoms with Crippen molar-refractivity contribution in [2.75, 3.05) is 7.11 Å². The molecular formula is C18H17N3O2. The molecule has 0 spiro atoms. The summed E-state index contributed by atoms with van der Waals surface area (Å²) in [5.74, 6) is 0.598. The Labute approximate surface area is 134 Å². The number of nitrogens with zero attached hydrogens (tertiary/aromatic N) is 2. The number of pyridine rings is 1. The van der Waals surface area contributed by atoms with Gasteiger partial charge in [-0.15, -0.1) is 0 Å². The summed E-state index contributed by atoms with van der Waals surface area (Å²) < 4.78 is 5.27. The number of rotatable bonds is 5. The summed E-state index contributed by atoms with van der Waals surface area (Å²) in [6.07, 6.45) is 4.30. The molecule has 3 rings (SSSR count). The second-order valence-corrected chi connectivity index (χ2v) is 5.55. The van der Waals surface area contributed by atoms with Crippen LogP contribution in [0.15, 0.2) is 48.8 Å². The van der Waals surface area contributed by atoms with E-state index in [0.29, 0.717) is 11.3 Å². The van der Waals surface area contributed by atoms with Gasteiger partial charge in [-0.2, -0.15) is 5.26 Å². The van der Waals surface area contributed by atoms with Gasteiger partial charge in [-0.3, -0.25) is 9.78 Å². The maximum atomic E-state index is 12.4. The van der Waals surface area contributed by atoms with Gasteiger partial charge in [0.2, 0.25) is 5.91 Å². The first-order valence-corrected chi connectivity index (χ1v) is 7.47. The van der Waals surface area contributed by atoms with Gasteiger partial charge < -0.3 is 10.1 Å². The van der Waals surface area contributed by atoms with Crippen molar-refractivity contribution < 1.29 is 9.53 Å². The van der Waals surface area contributed by atoms with Crippen LogP contribution >= 0.6 is 0 Å². The summed E-state index contributed by atoms with van der Waals surface area (Å²) in [7, 11) is 1.55. The topological polar surface area (TPSA) is 75.0 Å². The minimum absolute atomic E-state index is 0.0928. The number of carbonyl (C=O) groups is 1. The van der Waals surface area contributed by atoms with Crippen LogP contribution in [-0.2, 0) is 4.79 Å². The third kappa shape index (κ3) is 3.16. The van der Waals surface area contributed by atoms with Gasteiger partial charge in [0.15, 0.2) is 0 Å². The normalized spacial score (nSPS) is 20.2. The SMILES string of the molecule is COc1ccccc1[C@H](C#N)NC(=O)[C@H]1C[C@@H]1c1cccnc1. The number of hydrogen-bond donors (Lipinski definition) is 1. The molecule has 1 amide bonds. The predicted molar refractivity (Wildman–Crippen MR) is 84.6 cm³/mol. The van der Waals surface area contributed by atoms with Crippen LogP contribution in [0.25, 0.3) is 0 Å². The summed E-state index contributed by atoms with van der Waals surface area (Å²) in [6.45, 7) is 0. The minimum Gasteiger partial charge on any atom is -0.496 e. The molecule has 5 nitrogen and oxygen atoms in total. The maximum absolute atomic E-state index is 12.4. The number of aromatic nitrogens is 1. The highest BCUT2D eigenvalue weighted by atomic mass is 16.5. The maximum Gasteiger partial charge on any atom is 0.225 e. The summed E-state index contributed by atoms with van der Waals surface area (Å²) in [4.78, 5) is 16.5. The smallest absolute Gasteiger partial charge is 0.225 e. The van der Waals surface area contributed by atoms with Gasteiger partial charge in [0.25, 0.3) is 0 Å². The predicted octanol–water partition coefficient (Wildman–Crippen LogP) is 2.57. The Kier molecular flexibility index (Phi) is 4.24. The molecule has 1 aromatic carbocycles. The van der Waals surface area contributed by atoms with Crippen LogP contribution in [0.5, 0.6) is 5.75 Å². The number of amides is 1. The van der Waals surface area contributed by atoms with Gasteiger partial charge >= 0.3 is 0 Å². The fourth-order valence-electron chi connectivity index (χ4n) is 2.78. The third-order valence-corrected chi connectivity index (χ3v) is 4.11. The van der Waals surface area contributed by atoms with Crippen molar-refractivity contribution in [2.45, 2.75) is 18.4 Å². The molecule has 1 saturated carbocycles. The van der Waals surface area contributed by atoms with Crippen LogP contribution < -0.4 is 10.1 Å². The van der Waals surface area contributed by atoms with Crippen LogP contribution in [-0.4, -0.2) is 18.0 Å². The number of carbonyl (C=O) groups excluding carboxylic acids is 1. The van der Waals surface area contributed by atoms with Crippen LogP contribution in [0.2, 0.25) is 0 Å². The van der Waals surface area contributed by atoms with E-state index in [1.807, 2.05) is 24.3 Å². The number of nitriles is 1. The summed E-state index contributed by atoms with van der Waals surface area (Å²) in [5.41, 5.74) is 1.74. The number of para-hydroxylation sites is 1. The van der Waals surface area contributed by atoms with E-state index >= 15 is 0 Å². The molecule has 1 fully saturated rings. The van der Waals surface area contributed by atoms with Gasteiger partial charge in [0, 0.05) is 23.9 Å². The Morgan fingerprint density at radius 1 is 1.39 bits per heavy atom. The van der Waals surface area contributed by atoms with E-state index in [9.17, 15) is 10.1 Å². The van der Waals surface area contributed by atoms with Gasteiger partial charge in [0.1, 0.15) is 11.8 Å². The second-order valence-electron chi connectivity index (χ2n) is 5.55. The minimum atomic E-state index is -0.714. The fraction of sp³-hybridized carbons (Fsp3) is 0.278. The molecule has 1 aromatic heterocycles. The zero-order valence-electron chi connectivity index (χ0n) is 12.8. The molecule has 1 heterocycles. The van der Waals surface area contributed by atoms with Crippen molar-refractivity contribution in [3.05, 3.63) is 59.9 Å². The lowest BCUT2D eigenvalue weighted by Crippen LogP contribution is -2.29.